The van der Waals surface area contributed by atoms with Crippen LogP contribution in [0.5, 0.6) is 5.75 Å². The number of hydrogen-bond acceptors (Lipinski definition) is 6. The molecule has 4 rings (SSSR count). The minimum atomic E-state index is -4.02. The number of nitrogens with one attached hydrogen (secondary N) is 2. The smallest absolute Gasteiger partial charge is 0.326 e. The van der Waals surface area contributed by atoms with Crippen molar-refractivity contribution in [1.29, 1.82) is 0 Å². The van der Waals surface area contributed by atoms with Crippen molar-refractivity contribution in [3.63, 3.8) is 0 Å². The zero-order chi connectivity index (χ0) is 23.4. The SMILES string of the molecule is COc1ccc(-n2nc(NC(=O)Nc3ccccc3S(N)(=O)=O)nc2-c2ccccc2)cc1. The van der Waals surface area contributed by atoms with E-state index in [1.807, 2.05) is 42.5 Å². The summed E-state index contributed by atoms with van der Waals surface area (Å²) in [6.07, 6.45) is 0. The molecular formula is C22H20N6O4S. The minimum absolute atomic E-state index is 0.0234. The standard InChI is InChI=1S/C22H20N6O4S/c1-32-17-13-11-16(12-14-17)28-20(15-7-3-2-4-8-15)25-21(27-28)26-22(29)24-18-9-5-6-10-19(18)33(23,30)31/h2-14H,1H3,(H2,23,30,31)(H2,24,26,27,29). The Kier molecular flexibility index (Phi) is 6.07. The highest BCUT2D eigenvalue weighted by Gasteiger charge is 2.18. The largest absolute Gasteiger partial charge is 0.497 e. The Labute approximate surface area is 190 Å². The van der Waals surface area contributed by atoms with Crippen molar-refractivity contribution in [1.82, 2.24) is 14.8 Å². The van der Waals surface area contributed by atoms with E-state index in [0.717, 1.165) is 5.56 Å². The van der Waals surface area contributed by atoms with Gasteiger partial charge in [0.05, 0.1) is 18.5 Å². The molecule has 4 N–H and O–H groups in total. The lowest BCUT2D eigenvalue weighted by molar-refractivity contribution is 0.262. The van der Waals surface area contributed by atoms with Crippen LogP contribution in [0, 0.1) is 0 Å². The average Bonchev–Trinajstić information content (AvgIpc) is 3.23. The second-order valence-electron chi connectivity index (χ2n) is 6.86. The molecule has 0 aliphatic heterocycles. The van der Waals surface area contributed by atoms with Gasteiger partial charge in [-0.25, -0.2) is 23.0 Å². The predicted molar refractivity (Wildman–Crippen MR) is 124 cm³/mol. The van der Waals surface area contributed by atoms with Gasteiger partial charge >= 0.3 is 6.03 Å². The van der Waals surface area contributed by atoms with E-state index >= 15 is 0 Å². The molecule has 1 heterocycles. The third-order valence-electron chi connectivity index (χ3n) is 4.62. The first-order valence-corrected chi connectivity index (χ1v) is 11.3. The molecule has 0 saturated heterocycles. The highest BCUT2D eigenvalue weighted by molar-refractivity contribution is 7.89. The summed E-state index contributed by atoms with van der Waals surface area (Å²) in [6, 6.07) is 21.6. The van der Waals surface area contributed by atoms with E-state index in [9.17, 15) is 13.2 Å². The summed E-state index contributed by atoms with van der Waals surface area (Å²) in [5, 5.41) is 14.6. The molecular weight excluding hydrogens is 444 g/mol. The van der Waals surface area contributed by atoms with Gasteiger partial charge in [-0.1, -0.05) is 42.5 Å². The van der Waals surface area contributed by atoms with Gasteiger partial charge < -0.3 is 10.1 Å². The number of urea groups is 1. The number of nitrogens with two attached hydrogens (primary N) is 1. The lowest BCUT2D eigenvalue weighted by Crippen LogP contribution is -2.23. The zero-order valence-corrected chi connectivity index (χ0v) is 18.3. The molecule has 168 valence electrons. The van der Waals surface area contributed by atoms with Crippen molar-refractivity contribution < 1.29 is 17.9 Å². The fourth-order valence-corrected chi connectivity index (χ4v) is 3.81. The summed E-state index contributed by atoms with van der Waals surface area (Å²) < 4.78 is 30.3. The molecule has 2 amide bonds. The van der Waals surface area contributed by atoms with Gasteiger partial charge in [0.2, 0.25) is 10.0 Å². The van der Waals surface area contributed by atoms with Crippen molar-refractivity contribution in [3.8, 4) is 22.8 Å². The van der Waals surface area contributed by atoms with Crippen LogP contribution in [0.4, 0.5) is 16.4 Å². The third kappa shape index (κ3) is 5.00. The number of aromatic nitrogens is 3. The number of ether oxygens (including phenoxy) is 1. The van der Waals surface area contributed by atoms with Crippen molar-refractivity contribution in [2.75, 3.05) is 17.7 Å². The molecule has 33 heavy (non-hydrogen) atoms. The number of primary sulfonamides is 1. The molecule has 0 radical (unpaired) electrons. The Hall–Kier alpha value is -4.22. The number of anilines is 2. The van der Waals surface area contributed by atoms with Crippen LogP contribution in [-0.4, -0.2) is 36.3 Å². The van der Waals surface area contributed by atoms with E-state index in [2.05, 4.69) is 20.7 Å². The van der Waals surface area contributed by atoms with Gasteiger partial charge in [0.15, 0.2) is 5.82 Å². The third-order valence-corrected chi connectivity index (χ3v) is 5.59. The van der Waals surface area contributed by atoms with E-state index in [0.29, 0.717) is 17.3 Å². The van der Waals surface area contributed by atoms with Crippen LogP contribution in [0.2, 0.25) is 0 Å². The molecule has 1 aromatic heterocycles. The molecule has 0 fully saturated rings. The summed E-state index contributed by atoms with van der Waals surface area (Å²) in [5.41, 5.74) is 1.53. The quantitative estimate of drug-likeness (QED) is 0.400. The Morgan fingerprint density at radius 1 is 0.939 bits per heavy atom. The zero-order valence-electron chi connectivity index (χ0n) is 17.5. The minimum Gasteiger partial charge on any atom is -0.497 e. The van der Waals surface area contributed by atoms with E-state index in [4.69, 9.17) is 9.88 Å². The van der Waals surface area contributed by atoms with Crippen molar-refractivity contribution >= 4 is 27.7 Å². The molecule has 11 heteroatoms. The molecule has 0 aliphatic carbocycles. The number of benzene rings is 3. The van der Waals surface area contributed by atoms with Gasteiger partial charge in [0, 0.05) is 5.56 Å². The average molecular weight is 465 g/mol. The summed E-state index contributed by atoms with van der Waals surface area (Å²) in [6.45, 7) is 0. The van der Waals surface area contributed by atoms with Crippen LogP contribution in [0.15, 0.2) is 83.8 Å². The summed E-state index contributed by atoms with van der Waals surface area (Å²) in [4.78, 5) is 16.8. The van der Waals surface area contributed by atoms with E-state index in [-0.39, 0.29) is 16.5 Å². The van der Waals surface area contributed by atoms with Crippen molar-refractivity contribution in [2.24, 2.45) is 5.14 Å². The first kappa shape index (κ1) is 22.0. The molecule has 0 atom stereocenters. The Morgan fingerprint density at radius 2 is 1.61 bits per heavy atom. The second kappa shape index (κ2) is 9.10. The number of amides is 2. The number of methoxy groups -OCH3 is 1. The Morgan fingerprint density at radius 3 is 2.27 bits per heavy atom. The topological polar surface area (TPSA) is 141 Å². The van der Waals surface area contributed by atoms with Gasteiger partial charge in [-0.15, -0.1) is 5.10 Å². The number of sulfonamides is 1. The van der Waals surface area contributed by atoms with Crippen molar-refractivity contribution in [2.45, 2.75) is 4.90 Å². The highest BCUT2D eigenvalue weighted by Crippen LogP contribution is 2.24. The van der Waals surface area contributed by atoms with Crippen LogP contribution >= 0.6 is 0 Å². The van der Waals surface area contributed by atoms with Gasteiger partial charge in [-0.05, 0) is 36.4 Å². The maximum atomic E-state index is 12.6. The normalized spacial score (nSPS) is 11.1. The Balaban J connectivity index is 1.65. The molecule has 4 aromatic rings. The van der Waals surface area contributed by atoms with Crippen molar-refractivity contribution in [3.05, 3.63) is 78.9 Å². The summed E-state index contributed by atoms with van der Waals surface area (Å²) >= 11 is 0. The number of carbonyl (C=O) groups excluding carboxylic acids is 1. The monoisotopic (exact) mass is 464 g/mol. The second-order valence-corrected chi connectivity index (χ2v) is 8.39. The number of carbonyl (C=O) groups is 1. The highest BCUT2D eigenvalue weighted by atomic mass is 32.2. The van der Waals surface area contributed by atoms with Crippen LogP contribution in [0.25, 0.3) is 17.1 Å². The van der Waals surface area contributed by atoms with Gasteiger partial charge in [0.1, 0.15) is 10.6 Å². The fourth-order valence-electron chi connectivity index (χ4n) is 3.12. The van der Waals surface area contributed by atoms with Gasteiger partial charge in [-0.2, -0.15) is 4.98 Å². The summed E-state index contributed by atoms with van der Waals surface area (Å²) in [7, 11) is -2.44. The van der Waals surface area contributed by atoms with Crippen LogP contribution in [0.1, 0.15) is 0 Å². The maximum Gasteiger partial charge on any atom is 0.326 e. The molecule has 0 aliphatic rings. The lowest BCUT2D eigenvalue weighted by Gasteiger charge is -2.09. The van der Waals surface area contributed by atoms with Crippen LogP contribution in [-0.2, 0) is 10.0 Å². The molecule has 10 nitrogen and oxygen atoms in total. The van der Waals surface area contributed by atoms with E-state index in [1.54, 1.807) is 30.0 Å². The first-order valence-electron chi connectivity index (χ1n) is 9.72. The molecule has 3 aromatic carbocycles. The van der Waals surface area contributed by atoms with E-state index < -0.39 is 16.1 Å². The van der Waals surface area contributed by atoms with Crippen LogP contribution < -0.4 is 20.5 Å². The van der Waals surface area contributed by atoms with Gasteiger partial charge in [0.25, 0.3) is 5.95 Å². The molecule has 0 unspecified atom stereocenters. The summed E-state index contributed by atoms with van der Waals surface area (Å²) in [5.74, 6) is 1.21. The predicted octanol–water partition coefficient (Wildman–Crippen LogP) is 3.23. The molecule has 0 bridgehead atoms. The maximum absolute atomic E-state index is 12.6. The fraction of sp³-hybridized carbons (Fsp3) is 0.0455. The van der Waals surface area contributed by atoms with E-state index in [1.165, 1.54) is 18.2 Å². The van der Waals surface area contributed by atoms with Crippen LogP contribution in [0.3, 0.4) is 0 Å². The number of rotatable bonds is 6. The Bertz CT molecular complexity index is 1390. The number of nitrogens with zero attached hydrogens (tertiary/aromatic N) is 3. The number of hydrogen-bond donors (Lipinski definition) is 3. The molecule has 0 spiro atoms. The number of para-hydroxylation sites is 1. The first-order chi connectivity index (χ1) is 15.8. The molecule has 0 saturated carbocycles. The van der Waals surface area contributed by atoms with Gasteiger partial charge in [-0.3, -0.25) is 5.32 Å². The lowest BCUT2D eigenvalue weighted by atomic mass is 10.2.